The highest BCUT2D eigenvalue weighted by molar-refractivity contribution is 5.92. The van der Waals surface area contributed by atoms with Gasteiger partial charge in [-0.2, -0.15) is 0 Å². The number of hydrogen-bond donors (Lipinski definition) is 2. The molecule has 0 fully saturated rings. The minimum atomic E-state index is 0.0500. The lowest BCUT2D eigenvalue weighted by Gasteiger charge is -1.99. The molecular weight excluding hydrogens is 246 g/mol. The number of para-hydroxylation sites is 1. The van der Waals surface area contributed by atoms with Crippen LogP contribution in [0.4, 0.5) is 17.1 Å². The van der Waals surface area contributed by atoms with Crippen molar-refractivity contribution in [3.05, 3.63) is 36.4 Å². The normalized spacial score (nSPS) is 11.4. The largest absolute Gasteiger partial charge is 0.506 e. The fraction of sp³-hybridized carbons (Fsp3) is 0. The number of fused-ring (bicyclic) bond motifs is 1. The third-order valence-corrected chi connectivity index (χ3v) is 2.59. The molecule has 0 aliphatic rings. The summed E-state index contributed by atoms with van der Waals surface area (Å²) in [6.07, 6.45) is 0. The highest BCUT2D eigenvalue weighted by Gasteiger charge is 2.08. The van der Waals surface area contributed by atoms with Crippen molar-refractivity contribution in [1.29, 1.82) is 0 Å². The van der Waals surface area contributed by atoms with Gasteiger partial charge in [-0.3, -0.25) is 0 Å². The van der Waals surface area contributed by atoms with Crippen LogP contribution in [0.25, 0.3) is 11.0 Å². The van der Waals surface area contributed by atoms with Gasteiger partial charge in [-0.15, -0.1) is 10.2 Å². The molecule has 0 bridgehead atoms. The molecule has 0 atom stereocenters. The predicted molar refractivity (Wildman–Crippen MR) is 68.5 cm³/mol. The highest BCUT2D eigenvalue weighted by atomic mass is 16.6. The summed E-state index contributed by atoms with van der Waals surface area (Å²) in [7, 11) is 0. The number of anilines is 1. The number of nitrogens with two attached hydrogens (primary N) is 1. The van der Waals surface area contributed by atoms with Crippen LogP contribution >= 0.6 is 0 Å². The number of aromatic nitrogens is 2. The molecule has 0 saturated heterocycles. The van der Waals surface area contributed by atoms with Gasteiger partial charge in [0.25, 0.3) is 0 Å². The third-order valence-electron chi connectivity index (χ3n) is 2.59. The van der Waals surface area contributed by atoms with Crippen molar-refractivity contribution < 1.29 is 9.74 Å². The fourth-order valence-corrected chi connectivity index (χ4v) is 1.60. The molecule has 0 aliphatic heterocycles. The Morgan fingerprint density at radius 3 is 2.63 bits per heavy atom. The van der Waals surface area contributed by atoms with Gasteiger partial charge in [-0.05, 0) is 34.6 Å². The summed E-state index contributed by atoms with van der Waals surface area (Å²) in [5.41, 5.74) is 8.01. The molecule has 0 saturated carbocycles. The number of benzene rings is 2. The summed E-state index contributed by atoms with van der Waals surface area (Å²) in [5.74, 6) is 0.0500. The zero-order chi connectivity index (χ0) is 13.2. The lowest BCUT2D eigenvalue weighted by Crippen LogP contribution is -1.87. The maximum atomic E-state index is 9.57. The quantitative estimate of drug-likeness (QED) is 0.540. The van der Waals surface area contributed by atoms with E-state index in [0.29, 0.717) is 28.1 Å². The van der Waals surface area contributed by atoms with E-state index < -0.39 is 0 Å². The smallest absolute Gasteiger partial charge is 0.160 e. The number of aromatic hydroxyl groups is 1. The number of rotatable bonds is 2. The Morgan fingerprint density at radius 1 is 1.00 bits per heavy atom. The van der Waals surface area contributed by atoms with Crippen LogP contribution in [0.15, 0.2) is 51.3 Å². The molecule has 0 unspecified atom stereocenters. The first kappa shape index (κ1) is 11.1. The first-order chi connectivity index (χ1) is 9.25. The van der Waals surface area contributed by atoms with Gasteiger partial charge >= 0.3 is 0 Å². The van der Waals surface area contributed by atoms with E-state index in [1.807, 2.05) is 0 Å². The minimum absolute atomic E-state index is 0.0500. The Morgan fingerprint density at radius 2 is 1.79 bits per heavy atom. The van der Waals surface area contributed by atoms with Crippen molar-refractivity contribution in [1.82, 2.24) is 10.3 Å². The van der Waals surface area contributed by atoms with Gasteiger partial charge in [0.15, 0.2) is 5.52 Å². The monoisotopic (exact) mass is 255 g/mol. The van der Waals surface area contributed by atoms with E-state index in [9.17, 15) is 5.11 Å². The van der Waals surface area contributed by atoms with Crippen molar-refractivity contribution in [3.8, 4) is 5.75 Å². The molecule has 19 heavy (non-hydrogen) atoms. The Balaban J connectivity index is 2.01. The summed E-state index contributed by atoms with van der Waals surface area (Å²) in [5, 5.41) is 24.9. The van der Waals surface area contributed by atoms with Gasteiger partial charge < -0.3 is 10.8 Å². The summed E-state index contributed by atoms with van der Waals surface area (Å²) in [4.78, 5) is 0. The molecule has 0 radical (unpaired) electrons. The Bertz CT molecular complexity index is 766. The number of phenolic OH excluding ortho intramolecular Hbond substituents is 1. The molecule has 0 spiro atoms. The maximum absolute atomic E-state index is 9.57. The van der Waals surface area contributed by atoms with Crippen LogP contribution in [0.2, 0.25) is 0 Å². The molecular formula is C12H9N5O2. The second kappa shape index (κ2) is 4.37. The average molecular weight is 255 g/mol. The van der Waals surface area contributed by atoms with Crippen LogP contribution in [0.1, 0.15) is 0 Å². The molecule has 7 heteroatoms. The van der Waals surface area contributed by atoms with E-state index >= 15 is 0 Å². The topological polar surface area (TPSA) is 110 Å². The van der Waals surface area contributed by atoms with Gasteiger partial charge in [0.05, 0.1) is 5.69 Å². The van der Waals surface area contributed by atoms with Crippen LogP contribution in [0.3, 0.4) is 0 Å². The van der Waals surface area contributed by atoms with Gasteiger partial charge in [-0.25, -0.2) is 4.63 Å². The number of nitrogens with zero attached hydrogens (tertiary/aromatic N) is 4. The van der Waals surface area contributed by atoms with E-state index in [1.54, 1.807) is 30.3 Å². The summed E-state index contributed by atoms with van der Waals surface area (Å²) in [6, 6.07) is 9.97. The lowest BCUT2D eigenvalue weighted by atomic mass is 10.2. The SMILES string of the molecule is Nc1c(N=Nc2ccccc2O)ccc2nonc12. The molecule has 1 heterocycles. The van der Waals surface area contributed by atoms with Gasteiger partial charge in [0.1, 0.15) is 22.6 Å². The molecule has 3 N–H and O–H groups in total. The van der Waals surface area contributed by atoms with E-state index in [0.717, 1.165) is 0 Å². The number of hydrogen-bond acceptors (Lipinski definition) is 7. The third kappa shape index (κ3) is 1.97. The molecule has 2 aromatic carbocycles. The summed E-state index contributed by atoms with van der Waals surface area (Å²) < 4.78 is 4.59. The standard InChI is InChI=1S/C12H9N5O2/c13-11-8(5-6-9-12(11)17-19-16-9)15-14-7-3-1-2-4-10(7)18/h1-6,18H,13H2. The van der Waals surface area contributed by atoms with E-state index in [-0.39, 0.29) is 5.75 Å². The summed E-state index contributed by atoms with van der Waals surface area (Å²) in [6.45, 7) is 0. The van der Waals surface area contributed by atoms with Crippen LogP contribution in [0, 0.1) is 0 Å². The van der Waals surface area contributed by atoms with E-state index in [4.69, 9.17) is 5.73 Å². The van der Waals surface area contributed by atoms with Crippen LogP contribution in [-0.4, -0.2) is 15.4 Å². The summed E-state index contributed by atoms with van der Waals surface area (Å²) >= 11 is 0. The van der Waals surface area contributed by atoms with Crippen molar-refractivity contribution in [3.63, 3.8) is 0 Å². The van der Waals surface area contributed by atoms with Crippen LogP contribution in [-0.2, 0) is 0 Å². The zero-order valence-electron chi connectivity index (χ0n) is 9.69. The molecule has 94 valence electrons. The molecule has 3 rings (SSSR count). The Kier molecular flexibility index (Phi) is 2.57. The van der Waals surface area contributed by atoms with E-state index in [1.165, 1.54) is 6.07 Å². The van der Waals surface area contributed by atoms with Crippen molar-refractivity contribution in [2.24, 2.45) is 10.2 Å². The average Bonchev–Trinajstić information content (AvgIpc) is 2.89. The molecule has 7 nitrogen and oxygen atoms in total. The van der Waals surface area contributed by atoms with E-state index in [2.05, 4.69) is 25.2 Å². The van der Waals surface area contributed by atoms with Crippen molar-refractivity contribution in [2.45, 2.75) is 0 Å². The maximum Gasteiger partial charge on any atom is 0.160 e. The van der Waals surface area contributed by atoms with Crippen molar-refractivity contribution >= 4 is 28.1 Å². The second-order valence-electron chi connectivity index (χ2n) is 3.82. The first-order valence-electron chi connectivity index (χ1n) is 5.46. The number of azo groups is 1. The first-order valence-corrected chi connectivity index (χ1v) is 5.46. The Hall–Kier alpha value is -2.96. The predicted octanol–water partition coefficient (Wildman–Crippen LogP) is 2.93. The van der Waals surface area contributed by atoms with Crippen molar-refractivity contribution in [2.75, 3.05) is 5.73 Å². The number of nitrogen functional groups attached to an aromatic ring is 1. The highest BCUT2D eigenvalue weighted by Crippen LogP contribution is 2.32. The zero-order valence-corrected chi connectivity index (χ0v) is 9.69. The molecule has 0 aliphatic carbocycles. The van der Waals surface area contributed by atoms with Gasteiger partial charge in [-0.1, -0.05) is 12.1 Å². The van der Waals surface area contributed by atoms with Crippen LogP contribution < -0.4 is 5.73 Å². The van der Waals surface area contributed by atoms with Gasteiger partial charge in [0, 0.05) is 0 Å². The van der Waals surface area contributed by atoms with Gasteiger partial charge in [0.2, 0.25) is 0 Å². The lowest BCUT2D eigenvalue weighted by molar-refractivity contribution is 0.315. The minimum Gasteiger partial charge on any atom is -0.506 e. The fourth-order valence-electron chi connectivity index (χ4n) is 1.60. The second-order valence-corrected chi connectivity index (χ2v) is 3.82. The Labute approximate surface area is 107 Å². The van der Waals surface area contributed by atoms with Crippen LogP contribution in [0.5, 0.6) is 5.75 Å². The molecule has 3 aromatic rings. The molecule has 1 aromatic heterocycles. The molecule has 0 amide bonds. The number of phenols is 1.